The molecule has 1 fully saturated rings. The minimum Gasteiger partial charge on any atom is -0.480 e. The molecule has 0 bridgehead atoms. The molecule has 0 spiro atoms. The number of para-hydroxylation sites is 1. The topological polar surface area (TPSA) is 109 Å². The number of carboxylic acids is 1. The summed E-state index contributed by atoms with van der Waals surface area (Å²) < 4.78 is 5.15. The summed E-state index contributed by atoms with van der Waals surface area (Å²) in [5.41, 5.74) is -0.203. The Morgan fingerprint density at radius 3 is 2.44 bits per heavy atom. The fourth-order valence-corrected chi connectivity index (χ4v) is 3.51. The average molecular weight is 370 g/mol. The third-order valence-corrected chi connectivity index (χ3v) is 4.84. The molecule has 1 aliphatic rings. The van der Waals surface area contributed by atoms with Gasteiger partial charge in [0, 0.05) is 11.3 Å². The van der Waals surface area contributed by atoms with Gasteiger partial charge in [-0.3, -0.25) is 14.4 Å². The van der Waals surface area contributed by atoms with E-state index in [0.29, 0.717) is 24.1 Å². The molecule has 3 N–H and O–H groups in total. The van der Waals surface area contributed by atoms with Crippen molar-refractivity contribution in [3.8, 4) is 0 Å². The third-order valence-electron chi connectivity index (χ3n) is 4.84. The number of nitrogens with one attached hydrogen (secondary N) is 2. The van der Waals surface area contributed by atoms with E-state index in [-0.39, 0.29) is 18.1 Å². The summed E-state index contributed by atoms with van der Waals surface area (Å²) in [7, 11) is 0. The number of furan rings is 1. The molecule has 0 unspecified atom stereocenters. The number of carboxylic acid groups (broad SMARTS) is 1. The highest BCUT2D eigenvalue weighted by Gasteiger charge is 2.42. The highest BCUT2D eigenvalue weighted by Crippen LogP contribution is 2.33. The van der Waals surface area contributed by atoms with Gasteiger partial charge in [0.2, 0.25) is 0 Å². The number of anilines is 1. The molecule has 142 valence electrons. The van der Waals surface area contributed by atoms with Crippen molar-refractivity contribution in [3.63, 3.8) is 0 Å². The van der Waals surface area contributed by atoms with Crippen LogP contribution in [0.5, 0.6) is 0 Å². The maximum Gasteiger partial charge on any atom is 0.322 e. The lowest BCUT2D eigenvalue weighted by Crippen LogP contribution is -2.55. The fraction of sp³-hybridized carbons (Fsp3) is 0.350. The summed E-state index contributed by atoms with van der Waals surface area (Å²) in [6, 6.07) is 9.96. The van der Waals surface area contributed by atoms with Gasteiger partial charge in [-0.05, 0) is 37.1 Å². The molecule has 1 aromatic heterocycles. The molecule has 0 radical (unpaired) electrons. The van der Waals surface area contributed by atoms with Crippen LogP contribution >= 0.6 is 0 Å². The molecule has 1 aromatic carbocycles. The predicted octanol–water partition coefficient (Wildman–Crippen LogP) is 3.09. The van der Waals surface area contributed by atoms with Crippen LogP contribution in [-0.2, 0) is 4.79 Å². The van der Waals surface area contributed by atoms with Gasteiger partial charge in [0.15, 0.2) is 11.5 Å². The SMILES string of the molecule is O=C(O)CNc1ccccc1C(=O)C1(NC(=O)c2ccco2)CCCCC1. The van der Waals surface area contributed by atoms with Gasteiger partial charge in [-0.1, -0.05) is 31.4 Å². The first-order chi connectivity index (χ1) is 13.0. The van der Waals surface area contributed by atoms with E-state index in [4.69, 9.17) is 9.52 Å². The number of amides is 1. The third kappa shape index (κ3) is 4.19. The van der Waals surface area contributed by atoms with Crippen molar-refractivity contribution in [2.45, 2.75) is 37.6 Å². The minimum absolute atomic E-state index is 0.157. The van der Waals surface area contributed by atoms with Crippen LogP contribution in [0.3, 0.4) is 0 Å². The van der Waals surface area contributed by atoms with E-state index in [1.165, 1.54) is 6.26 Å². The van der Waals surface area contributed by atoms with Crippen molar-refractivity contribution in [1.29, 1.82) is 0 Å². The van der Waals surface area contributed by atoms with Gasteiger partial charge in [0.25, 0.3) is 5.91 Å². The second-order valence-corrected chi connectivity index (χ2v) is 6.70. The van der Waals surface area contributed by atoms with Gasteiger partial charge in [0.1, 0.15) is 12.1 Å². The number of aliphatic carboxylic acids is 1. The van der Waals surface area contributed by atoms with Crippen LogP contribution in [-0.4, -0.2) is 34.8 Å². The number of ketones is 1. The molecular weight excluding hydrogens is 348 g/mol. The summed E-state index contributed by atoms with van der Waals surface area (Å²) >= 11 is 0. The van der Waals surface area contributed by atoms with Crippen molar-refractivity contribution in [2.24, 2.45) is 0 Å². The van der Waals surface area contributed by atoms with Gasteiger partial charge in [-0.2, -0.15) is 0 Å². The minimum atomic E-state index is -1.02. The van der Waals surface area contributed by atoms with Crippen molar-refractivity contribution in [2.75, 3.05) is 11.9 Å². The maximum atomic E-state index is 13.5. The standard InChI is InChI=1S/C20H22N2O5/c23-17(24)13-21-15-8-3-2-7-14(15)18(25)20(10-4-1-5-11-20)22-19(26)16-9-6-12-27-16/h2-3,6-9,12,21H,1,4-5,10-11,13H2,(H,22,26)(H,23,24). The van der Waals surface area contributed by atoms with Crippen molar-refractivity contribution in [1.82, 2.24) is 5.32 Å². The Hall–Kier alpha value is -3.09. The molecule has 1 aliphatic carbocycles. The smallest absolute Gasteiger partial charge is 0.322 e. The van der Waals surface area contributed by atoms with Gasteiger partial charge >= 0.3 is 5.97 Å². The zero-order valence-corrected chi connectivity index (χ0v) is 14.9. The number of carbonyl (C=O) groups excluding carboxylic acids is 2. The molecule has 1 amide bonds. The van der Waals surface area contributed by atoms with Crippen molar-refractivity contribution in [3.05, 3.63) is 54.0 Å². The van der Waals surface area contributed by atoms with Crippen LogP contribution in [0.2, 0.25) is 0 Å². The Kier molecular flexibility index (Phi) is 5.59. The summed E-state index contributed by atoms with van der Waals surface area (Å²) in [6.45, 7) is -0.296. The quantitative estimate of drug-likeness (QED) is 0.646. The average Bonchev–Trinajstić information content (AvgIpc) is 3.22. The van der Waals surface area contributed by atoms with Gasteiger partial charge in [-0.25, -0.2) is 0 Å². The van der Waals surface area contributed by atoms with Crippen LogP contribution in [0.25, 0.3) is 0 Å². The van der Waals surface area contributed by atoms with Gasteiger partial charge in [-0.15, -0.1) is 0 Å². The zero-order chi connectivity index (χ0) is 19.3. The highest BCUT2D eigenvalue weighted by atomic mass is 16.4. The number of benzene rings is 1. The zero-order valence-electron chi connectivity index (χ0n) is 14.9. The monoisotopic (exact) mass is 370 g/mol. The Bertz CT molecular complexity index is 823. The van der Waals surface area contributed by atoms with E-state index in [0.717, 1.165) is 19.3 Å². The summed E-state index contributed by atoms with van der Waals surface area (Å²) in [5, 5.41) is 14.6. The van der Waals surface area contributed by atoms with Crippen LogP contribution < -0.4 is 10.6 Å². The number of hydrogen-bond acceptors (Lipinski definition) is 5. The Morgan fingerprint density at radius 2 is 1.78 bits per heavy atom. The number of Topliss-reactive ketones (excluding diaryl/α,β-unsaturated/α-hetero) is 1. The largest absolute Gasteiger partial charge is 0.480 e. The summed E-state index contributed by atoms with van der Waals surface area (Å²) in [6.07, 6.45) is 5.14. The molecule has 3 rings (SSSR count). The molecule has 0 aliphatic heterocycles. The van der Waals surface area contributed by atoms with Crippen molar-refractivity contribution >= 4 is 23.3 Å². The lowest BCUT2D eigenvalue weighted by Gasteiger charge is -2.37. The molecule has 0 atom stereocenters. The lowest BCUT2D eigenvalue weighted by atomic mass is 9.76. The summed E-state index contributed by atoms with van der Waals surface area (Å²) in [5.74, 6) is -1.50. The van der Waals surface area contributed by atoms with E-state index < -0.39 is 17.4 Å². The van der Waals surface area contributed by atoms with Crippen LogP contribution in [0.1, 0.15) is 53.0 Å². The number of rotatable bonds is 7. The number of carbonyl (C=O) groups is 3. The van der Waals surface area contributed by atoms with E-state index in [2.05, 4.69) is 10.6 Å². The fourth-order valence-electron chi connectivity index (χ4n) is 3.51. The Balaban J connectivity index is 1.90. The highest BCUT2D eigenvalue weighted by molar-refractivity contribution is 6.10. The van der Waals surface area contributed by atoms with Crippen molar-refractivity contribution < 1.29 is 23.9 Å². The first-order valence-corrected chi connectivity index (χ1v) is 8.97. The molecule has 7 heteroatoms. The molecule has 0 saturated heterocycles. The van der Waals surface area contributed by atoms with E-state index >= 15 is 0 Å². The number of hydrogen-bond donors (Lipinski definition) is 3. The first-order valence-electron chi connectivity index (χ1n) is 8.97. The normalized spacial score (nSPS) is 15.7. The molecule has 1 saturated carbocycles. The van der Waals surface area contributed by atoms with Crippen LogP contribution in [0.15, 0.2) is 47.1 Å². The molecule has 7 nitrogen and oxygen atoms in total. The van der Waals surface area contributed by atoms with Crippen LogP contribution in [0, 0.1) is 0 Å². The molecule has 2 aromatic rings. The molecule has 27 heavy (non-hydrogen) atoms. The second-order valence-electron chi connectivity index (χ2n) is 6.70. The Labute approximate surface area is 156 Å². The predicted molar refractivity (Wildman–Crippen MR) is 98.9 cm³/mol. The van der Waals surface area contributed by atoms with E-state index in [1.54, 1.807) is 36.4 Å². The lowest BCUT2D eigenvalue weighted by molar-refractivity contribution is -0.134. The van der Waals surface area contributed by atoms with E-state index in [9.17, 15) is 14.4 Å². The van der Waals surface area contributed by atoms with Gasteiger partial charge in [0.05, 0.1) is 6.26 Å². The van der Waals surface area contributed by atoms with Crippen LogP contribution in [0.4, 0.5) is 5.69 Å². The van der Waals surface area contributed by atoms with E-state index in [1.807, 2.05) is 0 Å². The molecular formula is C20H22N2O5. The summed E-state index contributed by atoms with van der Waals surface area (Å²) in [4.78, 5) is 36.9. The Morgan fingerprint density at radius 1 is 1.04 bits per heavy atom. The first kappa shape index (κ1) is 18.7. The molecule has 1 heterocycles. The second kappa shape index (κ2) is 8.07. The maximum absolute atomic E-state index is 13.5. The van der Waals surface area contributed by atoms with Gasteiger partial charge < -0.3 is 20.2 Å².